The molecule has 0 radical (unpaired) electrons. The minimum absolute atomic E-state index is 0.288. The van der Waals surface area contributed by atoms with Gasteiger partial charge in [0.2, 0.25) is 0 Å². The van der Waals surface area contributed by atoms with Crippen LogP contribution in [0.15, 0.2) is 30.5 Å². The monoisotopic (exact) mass is 218 g/mol. The van der Waals surface area contributed by atoms with E-state index >= 15 is 0 Å². The lowest BCUT2D eigenvalue weighted by Crippen LogP contribution is -2.07. The van der Waals surface area contributed by atoms with Gasteiger partial charge in [-0.2, -0.15) is 5.10 Å². The zero-order chi connectivity index (χ0) is 11.5. The van der Waals surface area contributed by atoms with Crippen molar-refractivity contribution in [3.63, 3.8) is 0 Å². The predicted octanol–water partition coefficient (Wildman–Crippen LogP) is 1.57. The van der Waals surface area contributed by atoms with Gasteiger partial charge in [-0.25, -0.2) is 4.79 Å². The lowest BCUT2D eigenvalue weighted by atomic mass is 10.3. The molecule has 2 heterocycles. The number of rotatable bonds is 2. The van der Waals surface area contributed by atoms with Gasteiger partial charge in [-0.1, -0.05) is 6.07 Å². The van der Waals surface area contributed by atoms with Crippen LogP contribution in [0.25, 0.3) is 11.4 Å². The van der Waals surface area contributed by atoms with Gasteiger partial charge in [-0.15, -0.1) is 0 Å². The number of amides is 1. The highest BCUT2D eigenvalue weighted by Crippen LogP contribution is 2.19. The molecule has 0 unspecified atom stereocenters. The van der Waals surface area contributed by atoms with Crippen LogP contribution >= 0.6 is 0 Å². The fourth-order valence-electron chi connectivity index (χ4n) is 1.39. The molecule has 2 aromatic rings. The van der Waals surface area contributed by atoms with Gasteiger partial charge < -0.3 is 5.11 Å². The summed E-state index contributed by atoms with van der Waals surface area (Å²) in [4.78, 5) is 14.6. The summed E-state index contributed by atoms with van der Waals surface area (Å²) < 4.78 is 1.58. The number of pyridine rings is 1. The van der Waals surface area contributed by atoms with Crippen LogP contribution in [0.2, 0.25) is 0 Å². The highest BCUT2D eigenvalue weighted by atomic mass is 16.4. The average Bonchev–Trinajstić information content (AvgIpc) is 2.60. The van der Waals surface area contributed by atoms with Crippen molar-refractivity contribution >= 4 is 11.9 Å². The first kappa shape index (κ1) is 10.2. The Kier molecular flexibility index (Phi) is 2.55. The van der Waals surface area contributed by atoms with Gasteiger partial charge in [-0.05, 0) is 12.1 Å². The van der Waals surface area contributed by atoms with Crippen LogP contribution in [-0.4, -0.2) is 26.0 Å². The summed E-state index contributed by atoms with van der Waals surface area (Å²) in [5, 5.41) is 14.8. The largest absolute Gasteiger partial charge is 0.465 e. The van der Waals surface area contributed by atoms with Crippen LogP contribution in [0.3, 0.4) is 0 Å². The molecule has 1 amide bonds. The van der Waals surface area contributed by atoms with Crippen molar-refractivity contribution in [2.24, 2.45) is 7.05 Å². The molecule has 0 spiro atoms. The summed E-state index contributed by atoms with van der Waals surface area (Å²) >= 11 is 0. The number of carbonyl (C=O) groups is 1. The summed E-state index contributed by atoms with van der Waals surface area (Å²) in [7, 11) is 1.73. The molecule has 2 N–H and O–H groups in total. The van der Waals surface area contributed by atoms with Gasteiger partial charge in [0.25, 0.3) is 0 Å². The predicted molar refractivity (Wildman–Crippen MR) is 58.1 cm³/mol. The minimum atomic E-state index is -1.13. The van der Waals surface area contributed by atoms with Crippen molar-refractivity contribution in [3.05, 3.63) is 30.5 Å². The van der Waals surface area contributed by atoms with E-state index in [2.05, 4.69) is 15.4 Å². The molecule has 0 atom stereocenters. The van der Waals surface area contributed by atoms with Crippen LogP contribution in [0.4, 0.5) is 10.6 Å². The molecule has 0 saturated carbocycles. The van der Waals surface area contributed by atoms with Crippen LogP contribution in [0.1, 0.15) is 0 Å². The lowest BCUT2D eigenvalue weighted by Gasteiger charge is -1.98. The maximum Gasteiger partial charge on any atom is 0.410 e. The third kappa shape index (κ3) is 2.00. The van der Waals surface area contributed by atoms with Crippen LogP contribution in [0, 0.1) is 0 Å². The van der Waals surface area contributed by atoms with E-state index in [0.717, 1.165) is 11.4 Å². The minimum Gasteiger partial charge on any atom is -0.465 e. The molecule has 0 aliphatic carbocycles. The molecule has 2 rings (SSSR count). The van der Waals surface area contributed by atoms with E-state index < -0.39 is 6.09 Å². The molecular weight excluding hydrogens is 208 g/mol. The fourth-order valence-corrected chi connectivity index (χ4v) is 1.39. The molecule has 0 saturated heterocycles. The Labute approximate surface area is 91.6 Å². The topological polar surface area (TPSA) is 80.0 Å². The van der Waals surface area contributed by atoms with Crippen LogP contribution < -0.4 is 5.32 Å². The van der Waals surface area contributed by atoms with Gasteiger partial charge in [0, 0.05) is 19.3 Å². The van der Waals surface area contributed by atoms with Crippen molar-refractivity contribution in [2.75, 3.05) is 5.32 Å². The fraction of sp³-hybridized carbons (Fsp3) is 0.100. The number of aromatic nitrogens is 3. The number of carboxylic acid groups (broad SMARTS) is 1. The van der Waals surface area contributed by atoms with E-state index in [9.17, 15) is 4.79 Å². The Bertz CT molecular complexity index is 507. The molecular formula is C10H10N4O2. The summed E-state index contributed by atoms with van der Waals surface area (Å²) in [6.07, 6.45) is 0.540. The Hall–Kier alpha value is -2.37. The molecule has 0 aliphatic heterocycles. The maximum absolute atomic E-state index is 10.4. The second-order valence-electron chi connectivity index (χ2n) is 3.18. The standard InChI is InChI=1S/C10H10N4O2/c1-14-8(7-4-2-3-5-11-7)6-9(13-14)12-10(15)16/h2-6H,1H3,(H,12,13)(H,15,16). The number of aryl methyl sites for hydroxylation is 1. The second-order valence-corrected chi connectivity index (χ2v) is 3.18. The Morgan fingerprint density at radius 3 is 2.94 bits per heavy atom. The van der Waals surface area contributed by atoms with E-state index in [1.54, 1.807) is 24.0 Å². The number of nitrogens with one attached hydrogen (secondary N) is 1. The Morgan fingerprint density at radius 1 is 1.50 bits per heavy atom. The normalized spacial score (nSPS) is 10.1. The van der Waals surface area contributed by atoms with E-state index in [1.807, 2.05) is 18.2 Å². The highest BCUT2D eigenvalue weighted by molar-refractivity contribution is 5.82. The molecule has 16 heavy (non-hydrogen) atoms. The third-order valence-corrected chi connectivity index (χ3v) is 2.04. The first-order valence-corrected chi connectivity index (χ1v) is 4.62. The molecule has 0 fully saturated rings. The van der Waals surface area contributed by atoms with Gasteiger partial charge >= 0.3 is 6.09 Å². The molecule has 6 heteroatoms. The Balaban J connectivity index is 2.36. The molecule has 82 valence electrons. The van der Waals surface area contributed by atoms with Gasteiger partial charge in [0.1, 0.15) is 0 Å². The molecule has 6 nitrogen and oxygen atoms in total. The Morgan fingerprint density at radius 2 is 2.31 bits per heavy atom. The van der Waals surface area contributed by atoms with E-state index in [4.69, 9.17) is 5.11 Å². The van der Waals surface area contributed by atoms with Crippen molar-refractivity contribution in [1.29, 1.82) is 0 Å². The SMILES string of the molecule is Cn1nc(NC(=O)O)cc1-c1ccccn1. The first-order valence-electron chi connectivity index (χ1n) is 4.62. The summed E-state index contributed by atoms with van der Waals surface area (Å²) in [6, 6.07) is 7.15. The molecule has 0 aliphatic rings. The lowest BCUT2D eigenvalue weighted by molar-refractivity contribution is 0.209. The van der Waals surface area contributed by atoms with Gasteiger partial charge in [-0.3, -0.25) is 15.0 Å². The highest BCUT2D eigenvalue weighted by Gasteiger charge is 2.09. The average molecular weight is 218 g/mol. The van der Waals surface area contributed by atoms with E-state index in [0.29, 0.717) is 0 Å². The van der Waals surface area contributed by atoms with Crippen molar-refractivity contribution < 1.29 is 9.90 Å². The van der Waals surface area contributed by atoms with Crippen LogP contribution in [-0.2, 0) is 7.05 Å². The zero-order valence-corrected chi connectivity index (χ0v) is 8.58. The van der Waals surface area contributed by atoms with E-state index in [-0.39, 0.29) is 5.82 Å². The maximum atomic E-state index is 10.4. The van der Waals surface area contributed by atoms with E-state index in [1.165, 1.54) is 0 Å². The zero-order valence-electron chi connectivity index (χ0n) is 8.58. The molecule has 0 aromatic carbocycles. The number of hydrogen-bond acceptors (Lipinski definition) is 3. The smallest absolute Gasteiger partial charge is 0.410 e. The number of hydrogen-bond donors (Lipinski definition) is 2. The summed E-state index contributed by atoms with van der Waals surface area (Å²) in [5.74, 6) is 0.288. The number of anilines is 1. The van der Waals surface area contributed by atoms with Crippen LogP contribution in [0.5, 0.6) is 0 Å². The van der Waals surface area contributed by atoms with Gasteiger partial charge in [0.05, 0.1) is 11.4 Å². The van der Waals surface area contributed by atoms with Crippen molar-refractivity contribution in [3.8, 4) is 11.4 Å². The molecule has 0 bridgehead atoms. The summed E-state index contributed by atoms with van der Waals surface area (Å²) in [6.45, 7) is 0. The molecule has 2 aromatic heterocycles. The van der Waals surface area contributed by atoms with Crippen molar-refractivity contribution in [2.45, 2.75) is 0 Å². The first-order chi connectivity index (χ1) is 7.66. The van der Waals surface area contributed by atoms with Gasteiger partial charge in [0.15, 0.2) is 5.82 Å². The van der Waals surface area contributed by atoms with Crippen molar-refractivity contribution in [1.82, 2.24) is 14.8 Å². The second kappa shape index (κ2) is 4.01. The summed E-state index contributed by atoms with van der Waals surface area (Å²) in [5.41, 5.74) is 1.50. The quantitative estimate of drug-likeness (QED) is 0.801. The third-order valence-electron chi connectivity index (χ3n) is 2.04. The number of nitrogens with zero attached hydrogens (tertiary/aromatic N) is 3.